The number of hydrogen-bond acceptors (Lipinski definition) is 5. The molecule has 0 unspecified atom stereocenters. The first-order chi connectivity index (χ1) is 14.4. The molecule has 1 saturated heterocycles. The highest BCUT2D eigenvalue weighted by atomic mass is 19.1. The van der Waals surface area contributed by atoms with Crippen LogP contribution < -0.4 is 14.8 Å². The summed E-state index contributed by atoms with van der Waals surface area (Å²) in [6, 6.07) is 9.93. The third-order valence-electron chi connectivity index (χ3n) is 5.70. The first-order valence-corrected chi connectivity index (χ1v) is 10.2. The molecule has 30 heavy (non-hydrogen) atoms. The van der Waals surface area contributed by atoms with Crippen molar-refractivity contribution >= 4 is 11.6 Å². The van der Waals surface area contributed by atoms with Gasteiger partial charge >= 0.3 is 0 Å². The Morgan fingerprint density at radius 2 is 1.73 bits per heavy atom. The molecule has 3 rings (SSSR count). The molecule has 1 aliphatic rings. The van der Waals surface area contributed by atoms with Crippen LogP contribution in [0.5, 0.6) is 11.5 Å². The van der Waals surface area contributed by atoms with E-state index in [1.54, 1.807) is 32.4 Å². The van der Waals surface area contributed by atoms with Gasteiger partial charge in [-0.2, -0.15) is 0 Å². The van der Waals surface area contributed by atoms with Gasteiger partial charge in [-0.1, -0.05) is 12.1 Å². The van der Waals surface area contributed by atoms with Gasteiger partial charge in [0.15, 0.2) is 11.5 Å². The van der Waals surface area contributed by atoms with E-state index in [2.05, 4.69) is 22.0 Å². The van der Waals surface area contributed by atoms with E-state index in [-0.39, 0.29) is 17.6 Å². The number of halogens is 1. The van der Waals surface area contributed by atoms with Crippen LogP contribution in [0.4, 0.5) is 10.1 Å². The SMILES string of the molecule is COc1cc(C)c(CN2CCN([C@@H](C)C(=O)Nc3ccccc3F)CC2)cc1OC. The zero-order valence-electron chi connectivity index (χ0n) is 18.1. The molecule has 2 aromatic carbocycles. The van der Waals surface area contributed by atoms with Crippen molar-refractivity contribution in [2.75, 3.05) is 45.7 Å². The number of rotatable bonds is 7. The van der Waals surface area contributed by atoms with Crippen LogP contribution >= 0.6 is 0 Å². The number of aryl methyl sites for hydroxylation is 1. The van der Waals surface area contributed by atoms with Crippen LogP contribution in [0.25, 0.3) is 0 Å². The van der Waals surface area contributed by atoms with Crippen LogP contribution in [-0.4, -0.2) is 62.1 Å². The molecule has 6 nitrogen and oxygen atoms in total. The number of piperazine rings is 1. The van der Waals surface area contributed by atoms with E-state index in [1.165, 1.54) is 11.6 Å². The Balaban J connectivity index is 1.56. The van der Waals surface area contributed by atoms with Gasteiger partial charge < -0.3 is 14.8 Å². The monoisotopic (exact) mass is 415 g/mol. The molecule has 0 aliphatic carbocycles. The molecular formula is C23H30FN3O3. The first kappa shape index (κ1) is 22.1. The molecule has 0 saturated carbocycles. The van der Waals surface area contributed by atoms with Crippen LogP contribution in [0, 0.1) is 12.7 Å². The topological polar surface area (TPSA) is 54.0 Å². The summed E-state index contributed by atoms with van der Waals surface area (Å²) in [5.74, 6) is 0.853. The highest BCUT2D eigenvalue weighted by Gasteiger charge is 2.26. The highest BCUT2D eigenvalue weighted by molar-refractivity contribution is 5.94. The summed E-state index contributed by atoms with van der Waals surface area (Å²) in [6.07, 6.45) is 0. The zero-order valence-corrected chi connectivity index (χ0v) is 18.1. The van der Waals surface area contributed by atoms with Gasteiger partial charge in [-0.3, -0.25) is 14.6 Å². The summed E-state index contributed by atoms with van der Waals surface area (Å²) in [5.41, 5.74) is 2.58. The van der Waals surface area contributed by atoms with Gasteiger partial charge in [0, 0.05) is 32.7 Å². The molecule has 0 bridgehead atoms. The lowest BCUT2D eigenvalue weighted by molar-refractivity contribution is -0.121. The van der Waals surface area contributed by atoms with Crippen molar-refractivity contribution < 1.29 is 18.7 Å². The Labute approximate surface area is 177 Å². The number of carbonyl (C=O) groups is 1. The standard InChI is InChI=1S/C23H30FN3O3/c1-16-13-21(29-3)22(30-4)14-18(16)15-26-9-11-27(12-10-26)17(2)23(28)25-20-8-6-5-7-19(20)24/h5-8,13-14,17H,9-12,15H2,1-4H3,(H,25,28)/t17-/m0/s1. The Bertz CT molecular complexity index is 882. The summed E-state index contributed by atoms with van der Waals surface area (Å²) in [6.45, 7) is 8.01. The predicted molar refractivity (Wildman–Crippen MR) is 116 cm³/mol. The second-order valence-corrected chi connectivity index (χ2v) is 7.59. The summed E-state index contributed by atoms with van der Waals surface area (Å²) >= 11 is 0. The van der Waals surface area contributed by atoms with E-state index in [4.69, 9.17) is 9.47 Å². The van der Waals surface area contributed by atoms with Gasteiger partial charge in [0.25, 0.3) is 0 Å². The minimum atomic E-state index is -0.423. The number of carbonyl (C=O) groups excluding carboxylic acids is 1. The normalized spacial score (nSPS) is 16.2. The van der Waals surface area contributed by atoms with Crippen LogP contribution in [-0.2, 0) is 11.3 Å². The van der Waals surface area contributed by atoms with Gasteiger partial charge in [-0.05, 0) is 49.2 Å². The maximum atomic E-state index is 13.8. The highest BCUT2D eigenvalue weighted by Crippen LogP contribution is 2.31. The maximum absolute atomic E-state index is 13.8. The van der Waals surface area contributed by atoms with Crippen molar-refractivity contribution in [2.45, 2.75) is 26.4 Å². The Morgan fingerprint density at radius 1 is 1.10 bits per heavy atom. The van der Waals surface area contributed by atoms with E-state index in [0.717, 1.165) is 49.8 Å². The molecule has 0 aromatic heterocycles. The number of amides is 1. The van der Waals surface area contributed by atoms with Gasteiger partial charge in [0.05, 0.1) is 25.9 Å². The minimum absolute atomic E-state index is 0.190. The number of methoxy groups -OCH3 is 2. The lowest BCUT2D eigenvalue weighted by Crippen LogP contribution is -2.52. The molecule has 1 atom stereocenters. The van der Waals surface area contributed by atoms with Crippen molar-refractivity contribution in [1.82, 2.24) is 9.80 Å². The van der Waals surface area contributed by atoms with Crippen LogP contribution in [0.2, 0.25) is 0 Å². The third-order valence-corrected chi connectivity index (χ3v) is 5.70. The molecule has 1 aliphatic heterocycles. The van der Waals surface area contributed by atoms with Gasteiger partial charge in [0.2, 0.25) is 5.91 Å². The lowest BCUT2D eigenvalue weighted by Gasteiger charge is -2.37. The van der Waals surface area contributed by atoms with Crippen molar-refractivity contribution in [2.24, 2.45) is 0 Å². The lowest BCUT2D eigenvalue weighted by atomic mass is 10.1. The molecule has 162 valence electrons. The van der Waals surface area contributed by atoms with E-state index >= 15 is 0 Å². The molecule has 1 N–H and O–H groups in total. The average molecular weight is 416 g/mol. The summed E-state index contributed by atoms with van der Waals surface area (Å²) < 4.78 is 24.6. The maximum Gasteiger partial charge on any atom is 0.241 e. The van der Waals surface area contributed by atoms with Gasteiger partial charge in [0.1, 0.15) is 5.82 Å². The smallest absolute Gasteiger partial charge is 0.241 e. The molecule has 1 heterocycles. The van der Waals surface area contributed by atoms with Crippen molar-refractivity contribution in [1.29, 1.82) is 0 Å². The van der Waals surface area contributed by atoms with E-state index in [1.807, 2.05) is 19.1 Å². The number of nitrogens with zero attached hydrogens (tertiary/aromatic N) is 2. The third kappa shape index (κ3) is 5.09. The van der Waals surface area contributed by atoms with Crippen molar-refractivity contribution in [3.63, 3.8) is 0 Å². The van der Waals surface area contributed by atoms with Crippen molar-refractivity contribution in [3.05, 3.63) is 53.3 Å². The number of benzene rings is 2. The Kier molecular flexibility index (Phi) is 7.29. The second-order valence-electron chi connectivity index (χ2n) is 7.59. The number of para-hydroxylation sites is 1. The predicted octanol–water partition coefficient (Wildman–Crippen LogP) is 3.30. The number of nitrogens with one attached hydrogen (secondary N) is 1. The number of anilines is 1. The fourth-order valence-electron chi connectivity index (χ4n) is 3.71. The number of hydrogen-bond donors (Lipinski definition) is 1. The molecule has 0 spiro atoms. The van der Waals surface area contributed by atoms with Gasteiger partial charge in [-0.25, -0.2) is 4.39 Å². The van der Waals surface area contributed by atoms with Crippen molar-refractivity contribution in [3.8, 4) is 11.5 Å². The molecule has 7 heteroatoms. The fraction of sp³-hybridized carbons (Fsp3) is 0.435. The van der Waals surface area contributed by atoms with Crippen LogP contribution in [0.15, 0.2) is 36.4 Å². The quantitative estimate of drug-likeness (QED) is 0.752. The Morgan fingerprint density at radius 3 is 2.37 bits per heavy atom. The summed E-state index contributed by atoms with van der Waals surface area (Å²) in [7, 11) is 3.28. The average Bonchev–Trinajstić information content (AvgIpc) is 2.76. The summed E-state index contributed by atoms with van der Waals surface area (Å²) in [4.78, 5) is 17.1. The second kappa shape index (κ2) is 9.91. The van der Waals surface area contributed by atoms with E-state index in [0.29, 0.717) is 0 Å². The van der Waals surface area contributed by atoms with E-state index in [9.17, 15) is 9.18 Å². The number of ether oxygens (including phenoxy) is 2. The molecule has 1 fully saturated rings. The van der Waals surface area contributed by atoms with E-state index < -0.39 is 5.82 Å². The van der Waals surface area contributed by atoms with Crippen LogP contribution in [0.3, 0.4) is 0 Å². The Hall–Kier alpha value is -2.64. The summed E-state index contributed by atoms with van der Waals surface area (Å²) in [5, 5.41) is 2.69. The van der Waals surface area contributed by atoms with Crippen LogP contribution in [0.1, 0.15) is 18.1 Å². The molecule has 0 radical (unpaired) electrons. The largest absolute Gasteiger partial charge is 0.493 e. The fourth-order valence-corrected chi connectivity index (χ4v) is 3.71. The zero-order chi connectivity index (χ0) is 21.7. The minimum Gasteiger partial charge on any atom is -0.493 e. The first-order valence-electron chi connectivity index (χ1n) is 10.2. The molecule has 1 amide bonds. The van der Waals surface area contributed by atoms with Gasteiger partial charge in [-0.15, -0.1) is 0 Å². The molecule has 2 aromatic rings. The molecular weight excluding hydrogens is 385 g/mol.